The van der Waals surface area contributed by atoms with Crippen molar-refractivity contribution < 1.29 is 9.59 Å². The quantitative estimate of drug-likeness (QED) is 0.902. The Morgan fingerprint density at radius 3 is 2.54 bits per heavy atom. The van der Waals surface area contributed by atoms with E-state index in [-0.39, 0.29) is 17.9 Å². The first-order chi connectivity index (χ1) is 11.4. The van der Waals surface area contributed by atoms with Crippen molar-refractivity contribution in [3.05, 3.63) is 29.8 Å². The molecule has 1 aromatic rings. The largest absolute Gasteiger partial charge is 0.374 e. The summed E-state index contributed by atoms with van der Waals surface area (Å²) in [7, 11) is 2.07. The summed E-state index contributed by atoms with van der Waals surface area (Å²) in [5, 5.41) is 2.92. The zero-order chi connectivity index (χ0) is 17.7. The molecule has 0 radical (unpaired) electrons. The maximum atomic E-state index is 12.7. The van der Waals surface area contributed by atoms with Crippen LogP contribution in [0, 0.1) is 5.92 Å². The second-order valence-corrected chi connectivity index (χ2v) is 7.11. The molecular formula is C19H29N3O2. The number of anilines is 1. The second kappa shape index (κ2) is 8.18. The molecule has 5 heteroatoms. The summed E-state index contributed by atoms with van der Waals surface area (Å²) >= 11 is 0. The van der Waals surface area contributed by atoms with Crippen LogP contribution in [0.15, 0.2) is 24.3 Å². The fraction of sp³-hybridized carbons (Fsp3) is 0.579. The van der Waals surface area contributed by atoms with Crippen molar-refractivity contribution in [2.24, 2.45) is 5.92 Å². The molecule has 1 fully saturated rings. The van der Waals surface area contributed by atoms with E-state index in [4.69, 9.17) is 0 Å². The topological polar surface area (TPSA) is 52.7 Å². The molecule has 132 valence electrons. The average molecular weight is 331 g/mol. The van der Waals surface area contributed by atoms with E-state index in [1.165, 1.54) is 6.92 Å². The van der Waals surface area contributed by atoms with E-state index in [0.717, 1.165) is 31.6 Å². The lowest BCUT2D eigenvalue weighted by Gasteiger charge is -2.33. The van der Waals surface area contributed by atoms with Crippen molar-refractivity contribution in [3.8, 4) is 0 Å². The maximum Gasteiger partial charge on any atom is 0.253 e. The summed E-state index contributed by atoms with van der Waals surface area (Å²) in [6.07, 6.45) is 1.86. The molecule has 1 N–H and O–H groups in total. The van der Waals surface area contributed by atoms with Crippen molar-refractivity contribution >= 4 is 17.5 Å². The Bertz CT molecular complexity index is 568. The summed E-state index contributed by atoms with van der Waals surface area (Å²) < 4.78 is 0. The number of rotatable bonds is 5. The molecule has 2 amide bonds. The average Bonchev–Trinajstić information content (AvgIpc) is 2.53. The van der Waals surface area contributed by atoms with Crippen LogP contribution in [-0.4, -0.2) is 49.4 Å². The van der Waals surface area contributed by atoms with Crippen molar-refractivity contribution in [1.29, 1.82) is 0 Å². The van der Waals surface area contributed by atoms with Crippen LogP contribution in [0.1, 0.15) is 44.0 Å². The molecule has 1 saturated heterocycles. The molecule has 0 spiro atoms. The first-order valence-electron chi connectivity index (χ1n) is 8.74. The van der Waals surface area contributed by atoms with Gasteiger partial charge in [0, 0.05) is 50.9 Å². The Balaban J connectivity index is 2.00. The Morgan fingerprint density at radius 1 is 1.29 bits per heavy atom. The molecule has 0 aromatic heterocycles. The molecule has 1 unspecified atom stereocenters. The third kappa shape index (κ3) is 4.98. The van der Waals surface area contributed by atoms with Crippen LogP contribution in [-0.2, 0) is 4.79 Å². The molecule has 2 rings (SSSR count). The number of nitrogens with one attached hydrogen (secondary N) is 1. The van der Waals surface area contributed by atoms with Crippen molar-refractivity contribution in [2.45, 2.75) is 39.7 Å². The standard InChI is InChI=1S/C19H29N3O2/c1-14(2)12-21(4)18-9-7-16(8-10-18)19(24)22-11-5-6-17(13-22)20-15(3)23/h7-10,14,17H,5-6,11-13H2,1-4H3,(H,20,23). The summed E-state index contributed by atoms with van der Waals surface area (Å²) in [4.78, 5) is 28.0. The van der Waals surface area contributed by atoms with Crippen LogP contribution >= 0.6 is 0 Å². The number of piperidine rings is 1. The van der Waals surface area contributed by atoms with Gasteiger partial charge in [-0.15, -0.1) is 0 Å². The van der Waals surface area contributed by atoms with Gasteiger partial charge in [-0.25, -0.2) is 0 Å². The third-order valence-electron chi connectivity index (χ3n) is 4.31. The van der Waals surface area contributed by atoms with E-state index >= 15 is 0 Å². The highest BCUT2D eigenvalue weighted by atomic mass is 16.2. The van der Waals surface area contributed by atoms with Crippen molar-refractivity contribution in [2.75, 3.05) is 31.6 Å². The number of likely N-dealkylation sites (tertiary alicyclic amines) is 1. The number of nitrogens with zero attached hydrogens (tertiary/aromatic N) is 2. The third-order valence-corrected chi connectivity index (χ3v) is 4.31. The Labute approximate surface area is 145 Å². The van der Waals surface area contributed by atoms with Gasteiger partial charge in [-0.3, -0.25) is 9.59 Å². The monoisotopic (exact) mass is 331 g/mol. The van der Waals surface area contributed by atoms with E-state index < -0.39 is 0 Å². The van der Waals surface area contributed by atoms with E-state index in [9.17, 15) is 9.59 Å². The smallest absolute Gasteiger partial charge is 0.253 e. The number of hydrogen-bond donors (Lipinski definition) is 1. The molecule has 1 aliphatic rings. The van der Waals surface area contributed by atoms with Gasteiger partial charge in [-0.05, 0) is 43.0 Å². The summed E-state index contributed by atoms with van der Waals surface area (Å²) in [5.74, 6) is 0.602. The second-order valence-electron chi connectivity index (χ2n) is 7.11. The molecule has 1 heterocycles. The molecule has 24 heavy (non-hydrogen) atoms. The lowest BCUT2D eigenvalue weighted by atomic mass is 10.0. The zero-order valence-corrected chi connectivity index (χ0v) is 15.2. The molecular weight excluding hydrogens is 302 g/mol. The van der Waals surface area contributed by atoms with Crippen LogP contribution < -0.4 is 10.2 Å². The molecule has 1 atom stereocenters. The summed E-state index contributed by atoms with van der Waals surface area (Å²) in [6.45, 7) is 8.23. The highest BCUT2D eigenvalue weighted by molar-refractivity contribution is 5.94. The minimum absolute atomic E-state index is 0.0353. The number of carbonyl (C=O) groups is 2. The van der Waals surface area contributed by atoms with Crippen molar-refractivity contribution in [3.63, 3.8) is 0 Å². The molecule has 0 aliphatic carbocycles. The van der Waals surface area contributed by atoms with Gasteiger partial charge < -0.3 is 15.1 Å². The predicted octanol–water partition coefficient (Wildman–Crippen LogP) is 2.52. The lowest BCUT2D eigenvalue weighted by molar-refractivity contribution is -0.120. The number of hydrogen-bond acceptors (Lipinski definition) is 3. The normalized spacial score (nSPS) is 17.7. The van der Waals surface area contributed by atoms with Crippen LogP contribution in [0.25, 0.3) is 0 Å². The van der Waals surface area contributed by atoms with Gasteiger partial charge in [-0.2, -0.15) is 0 Å². The fourth-order valence-electron chi connectivity index (χ4n) is 3.26. The minimum Gasteiger partial charge on any atom is -0.374 e. The zero-order valence-electron chi connectivity index (χ0n) is 15.2. The molecule has 5 nitrogen and oxygen atoms in total. The molecule has 1 aliphatic heterocycles. The summed E-state index contributed by atoms with van der Waals surface area (Å²) in [5.41, 5.74) is 1.83. The minimum atomic E-state index is -0.0353. The fourth-order valence-corrected chi connectivity index (χ4v) is 3.26. The molecule has 1 aromatic carbocycles. The Morgan fingerprint density at radius 2 is 1.96 bits per heavy atom. The highest BCUT2D eigenvalue weighted by Crippen LogP contribution is 2.18. The van der Waals surface area contributed by atoms with Gasteiger partial charge >= 0.3 is 0 Å². The van der Waals surface area contributed by atoms with Gasteiger partial charge in [-0.1, -0.05) is 13.8 Å². The van der Waals surface area contributed by atoms with Gasteiger partial charge in [0.15, 0.2) is 0 Å². The summed E-state index contributed by atoms with van der Waals surface area (Å²) in [6, 6.07) is 7.87. The number of benzene rings is 1. The SMILES string of the molecule is CC(=O)NC1CCCN(C(=O)c2ccc(N(C)CC(C)C)cc2)C1. The van der Waals surface area contributed by atoms with E-state index in [2.05, 4.69) is 31.1 Å². The Hall–Kier alpha value is -2.04. The van der Waals surface area contributed by atoms with Crippen LogP contribution in [0.3, 0.4) is 0 Å². The van der Waals surface area contributed by atoms with Crippen LogP contribution in [0.2, 0.25) is 0 Å². The van der Waals surface area contributed by atoms with E-state index in [0.29, 0.717) is 18.0 Å². The molecule has 0 saturated carbocycles. The van der Waals surface area contributed by atoms with Crippen molar-refractivity contribution in [1.82, 2.24) is 10.2 Å². The van der Waals surface area contributed by atoms with Gasteiger partial charge in [0.1, 0.15) is 0 Å². The van der Waals surface area contributed by atoms with Gasteiger partial charge in [0.05, 0.1) is 0 Å². The van der Waals surface area contributed by atoms with E-state index in [1.54, 1.807) is 0 Å². The van der Waals surface area contributed by atoms with Gasteiger partial charge in [0.2, 0.25) is 5.91 Å². The lowest BCUT2D eigenvalue weighted by Crippen LogP contribution is -2.49. The first kappa shape index (κ1) is 18.3. The van der Waals surface area contributed by atoms with E-state index in [1.807, 2.05) is 29.2 Å². The maximum absolute atomic E-state index is 12.7. The van der Waals surface area contributed by atoms with Gasteiger partial charge in [0.25, 0.3) is 5.91 Å². The highest BCUT2D eigenvalue weighted by Gasteiger charge is 2.24. The number of amides is 2. The number of carbonyl (C=O) groups excluding carboxylic acids is 2. The molecule has 0 bridgehead atoms. The van der Waals surface area contributed by atoms with Crippen LogP contribution in [0.4, 0.5) is 5.69 Å². The Kier molecular flexibility index (Phi) is 6.23. The predicted molar refractivity (Wildman–Crippen MR) is 97.3 cm³/mol. The van der Waals surface area contributed by atoms with Crippen LogP contribution in [0.5, 0.6) is 0 Å². The first-order valence-corrected chi connectivity index (χ1v) is 8.74.